The van der Waals surface area contributed by atoms with Gasteiger partial charge in [0, 0.05) is 49.6 Å². The van der Waals surface area contributed by atoms with Crippen LogP contribution in [0.15, 0.2) is 17.5 Å². The molecule has 1 aromatic heterocycles. The number of hydrogen-bond donors (Lipinski definition) is 1. The number of thiophene rings is 1. The summed E-state index contributed by atoms with van der Waals surface area (Å²) in [4.78, 5) is 29.7. The molecule has 4 heterocycles. The molecule has 0 aliphatic carbocycles. The van der Waals surface area contributed by atoms with Gasteiger partial charge in [-0.2, -0.15) is 13.2 Å². The Hall–Kier alpha value is -1.85. The molecule has 174 valence electrons. The number of halogens is 3. The first-order chi connectivity index (χ1) is 14.7. The summed E-state index contributed by atoms with van der Waals surface area (Å²) in [5, 5.41) is 9.27. The Morgan fingerprint density at radius 2 is 1.84 bits per heavy atom. The number of likely N-dealkylation sites (tertiary alicyclic amines) is 2. The van der Waals surface area contributed by atoms with Crippen molar-refractivity contribution in [3.8, 4) is 0 Å². The van der Waals surface area contributed by atoms with E-state index >= 15 is 0 Å². The molecule has 0 radical (unpaired) electrons. The van der Waals surface area contributed by atoms with Crippen LogP contribution in [0.1, 0.15) is 24.1 Å². The average Bonchev–Trinajstić information content (AvgIpc) is 3.44. The predicted octanol–water partition coefficient (Wildman–Crippen LogP) is 3.12. The molecule has 2 amide bonds. The number of aliphatic carboxylic acids is 1. The second-order valence-corrected chi connectivity index (χ2v) is 9.33. The van der Waals surface area contributed by atoms with E-state index in [9.17, 15) is 18.0 Å². The number of ether oxygens (including phenoxy) is 1. The highest BCUT2D eigenvalue weighted by atomic mass is 32.1. The Bertz CT molecular complexity index is 741. The third-order valence-electron chi connectivity index (χ3n) is 5.81. The number of carbonyl (C=O) groups excluding carboxylic acids is 1. The van der Waals surface area contributed by atoms with Gasteiger partial charge in [-0.05, 0) is 37.3 Å². The molecule has 3 aliphatic rings. The Labute approximate surface area is 183 Å². The molecule has 11 heteroatoms. The molecule has 1 spiro atoms. The number of carboxylic acid groups (broad SMARTS) is 1. The third-order valence-corrected chi connectivity index (χ3v) is 6.67. The Morgan fingerprint density at radius 3 is 2.45 bits per heavy atom. The summed E-state index contributed by atoms with van der Waals surface area (Å²) < 4.78 is 37.7. The van der Waals surface area contributed by atoms with Crippen LogP contribution >= 0.6 is 11.3 Å². The van der Waals surface area contributed by atoms with Crippen LogP contribution in [-0.2, 0) is 16.1 Å². The molecular weight excluding hydrogens is 435 g/mol. The predicted molar refractivity (Wildman–Crippen MR) is 109 cm³/mol. The van der Waals surface area contributed by atoms with Crippen molar-refractivity contribution >= 4 is 23.3 Å². The zero-order valence-electron chi connectivity index (χ0n) is 17.3. The second-order valence-electron chi connectivity index (χ2n) is 8.29. The molecule has 1 aromatic rings. The lowest BCUT2D eigenvalue weighted by Gasteiger charge is -2.34. The molecule has 0 bridgehead atoms. The van der Waals surface area contributed by atoms with Crippen molar-refractivity contribution in [1.29, 1.82) is 0 Å². The van der Waals surface area contributed by atoms with E-state index in [1.54, 1.807) is 0 Å². The SMILES string of the molecule is O=C(N1CCCC1)N1CCOCC2(CCN(Cc3cccs3)C2)C1.O=C(O)C(F)(F)F. The molecule has 1 unspecified atom stereocenters. The van der Waals surface area contributed by atoms with Crippen LogP contribution in [-0.4, -0.2) is 90.5 Å². The van der Waals surface area contributed by atoms with E-state index < -0.39 is 12.1 Å². The van der Waals surface area contributed by atoms with Crippen molar-refractivity contribution in [3.05, 3.63) is 22.4 Å². The van der Waals surface area contributed by atoms with Gasteiger partial charge in [0.1, 0.15) is 0 Å². The quantitative estimate of drug-likeness (QED) is 0.730. The van der Waals surface area contributed by atoms with Crippen molar-refractivity contribution in [2.24, 2.45) is 5.41 Å². The normalized spacial score (nSPS) is 24.7. The Balaban J connectivity index is 0.000000339. The molecule has 3 fully saturated rings. The van der Waals surface area contributed by atoms with Crippen LogP contribution in [0.2, 0.25) is 0 Å². The van der Waals surface area contributed by atoms with Crippen molar-refractivity contribution < 1.29 is 32.6 Å². The zero-order chi connectivity index (χ0) is 22.5. The monoisotopic (exact) mass is 463 g/mol. The van der Waals surface area contributed by atoms with Gasteiger partial charge in [-0.15, -0.1) is 11.3 Å². The number of nitrogens with zero attached hydrogens (tertiary/aromatic N) is 3. The summed E-state index contributed by atoms with van der Waals surface area (Å²) in [6, 6.07) is 4.56. The standard InChI is InChI=1S/C18H27N3O2S.C2HF3O2/c22-17(20-6-1-2-7-20)21-9-10-23-15-18(14-21)5-8-19(13-18)12-16-4-3-11-24-16;3-2(4,5)1(6)7/h3-4,11H,1-2,5-10,12-15H2;(H,6,7). The molecule has 0 saturated carbocycles. The highest BCUT2D eigenvalue weighted by Crippen LogP contribution is 2.35. The number of carbonyl (C=O) groups is 2. The molecule has 7 nitrogen and oxygen atoms in total. The number of rotatable bonds is 2. The first kappa shape index (κ1) is 23.8. The van der Waals surface area contributed by atoms with Gasteiger partial charge in [0.05, 0.1) is 13.2 Å². The molecule has 4 rings (SSSR count). The van der Waals surface area contributed by atoms with Gasteiger partial charge >= 0.3 is 18.2 Å². The summed E-state index contributed by atoms with van der Waals surface area (Å²) in [5.41, 5.74) is 0.114. The summed E-state index contributed by atoms with van der Waals surface area (Å²) in [6.07, 6.45) is -1.66. The largest absolute Gasteiger partial charge is 0.490 e. The summed E-state index contributed by atoms with van der Waals surface area (Å²) in [6.45, 7) is 8.07. The fourth-order valence-electron chi connectivity index (χ4n) is 4.30. The highest BCUT2D eigenvalue weighted by molar-refractivity contribution is 7.09. The smallest absolute Gasteiger partial charge is 0.475 e. The Morgan fingerprint density at radius 1 is 1.13 bits per heavy atom. The van der Waals surface area contributed by atoms with Gasteiger partial charge < -0.3 is 19.6 Å². The van der Waals surface area contributed by atoms with Crippen LogP contribution in [0.5, 0.6) is 0 Å². The molecule has 1 atom stereocenters. The molecule has 0 aromatic carbocycles. The second kappa shape index (κ2) is 10.2. The molecule has 1 N–H and O–H groups in total. The molecule has 3 saturated heterocycles. The molecule has 3 aliphatic heterocycles. The van der Waals surface area contributed by atoms with E-state index in [0.717, 1.165) is 71.7 Å². The van der Waals surface area contributed by atoms with Crippen molar-refractivity contribution in [1.82, 2.24) is 14.7 Å². The lowest BCUT2D eigenvalue weighted by Crippen LogP contribution is -2.48. The number of alkyl halides is 3. The third kappa shape index (κ3) is 6.56. The average molecular weight is 464 g/mol. The lowest BCUT2D eigenvalue weighted by atomic mass is 9.87. The van der Waals surface area contributed by atoms with Crippen molar-refractivity contribution in [2.45, 2.75) is 32.0 Å². The van der Waals surface area contributed by atoms with Gasteiger partial charge in [0.25, 0.3) is 0 Å². The van der Waals surface area contributed by atoms with E-state index in [2.05, 4.69) is 27.3 Å². The number of urea groups is 1. The van der Waals surface area contributed by atoms with Gasteiger partial charge in [-0.25, -0.2) is 9.59 Å². The van der Waals surface area contributed by atoms with Gasteiger partial charge in [0.2, 0.25) is 0 Å². The summed E-state index contributed by atoms with van der Waals surface area (Å²) in [5.74, 6) is -2.76. The van der Waals surface area contributed by atoms with Crippen LogP contribution in [0.3, 0.4) is 0 Å². The van der Waals surface area contributed by atoms with Crippen LogP contribution in [0.25, 0.3) is 0 Å². The minimum atomic E-state index is -5.08. The fourth-order valence-corrected chi connectivity index (χ4v) is 5.04. The fraction of sp³-hybridized carbons (Fsp3) is 0.700. The van der Waals surface area contributed by atoms with E-state index in [1.807, 2.05) is 16.2 Å². The Kier molecular flexibility index (Phi) is 7.82. The van der Waals surface area contributed by atoms with E-state index in [-0.39, 0.29) is 11.4 Å². The van der Waals surface area contributed by atoms with Gasteiger partial charge in [-0.3, -0.25) is 4.90 Å². The van der Waals surface area contributed by atoms with Crippen molar-refractivity contribution in [3.63, 3.8) is 0 Å². The van der Waals surface area contributed by atoms with E-state index in [1.165, 1.54) is 4.88 Å². The summed E-state index contributed by atoms with van der Waals surface area (Å²) in [7, 11) is 0. The first-order valence-electron chi connectivity index (χ1n) is 10.3. The van der Waals surface area contributed by atoms with E-state index in [4.69, 9.17) is 14.6 Å². The topological polar surface area (TPSA) is 73.3 Å². The maximum absolute atomic E-state index is 12.8. The maximum atomic E-state index is 12.8. The van der Waals surface area contributed by atoms with Gasteiger partial charge in [0.15, 0.2) is 0 Å². The zero-order valence-corrected chi connectivity index (χ0v) is 18.1. The minimum Gasteiger partial charge on any atom is -0.475 e. The summed E-state index contributed by atoms with van der Waals surface area (Å²) >= 11 is 1.83. The first-order valence-corrected chi connectivity index (χ1v) is 11.2. The molecule has 31 heavy (non-hydrogen) atoms. The number of hydrogen-bond acceptors (Lipinski definition) is 5. The minimum absolute atomic E-state index is 0.114. The number of amides is 2. The van der Waals surface area contributed by atoms with Crippen LogP contribution in [0, 0.1) is 5.41 Å². The van der Waals surface area contributed by atoms with E-state index in [0.29, 0.717) is 6.61 Å². The highest BCUT2D eigenvalue weighted by Gasteiger charge is 2.43. The maximum Gasteiger partial charge on any atom is 0.490 e. The van der Waals surface area contributed by atoms with Gasteiger partial charge in [-0.1, -0.05) is 6.07 Å². The lowest BCUT2D eigenvalue weighted by molar-refractivity contribution is -0.192. The van der Waals surface area contributed by atoms with Crippen LogP contribution < -0.4 is 0 Å². The van der Waals surface area contributed by atoms with Crippen LogP contribution in [0.4, 0.5) is 18.0 Å². The van der Waals surface area contributed by atoms with Crippen molar-refractivity contribution in [2.75, 3.05) is 52.5 Å². The number of carboxylic acids is 1. The molecular formula is C20H28F3N3O4S.